The Balaban J connectivity index is 1.46. The van der Waals surface area contributed by atoms with Crippen molar-refractivity contribution in [3.8, 4) is 16.2 Å². The fourth-order valence-corrected chi connectivity index (χ4v) is 5.78. The second-order valence-corrected chi connectivity index (χ2v) is 12.9. The Bertz CT molecular complexity index is 1340. The topological polar surface area (TPSA) is 138 Å². The maximum Gasteiger partial charge on any atom is 0.303 e. The molecule has 2 heterocycles. The van der Waals surface area contributed by atoms with E-state index in [0.717, 1.165) is 16.1 Å². The lowest BCUT2D eigenvalue weighted by Crippen LogP contribution is -2.58. The van der Waals surface area contributed by atoms with Crippen molar-refractivity contribution in [3.63, 3.8) is 0 Å². The third kappa shape index (κ3) is 7.45. The van der Waals surface area contributed by atoms with Gasteiger partial charge < -0.3 is 25.4 Å². The molecule has 1 saturated carbocycles. The van der Waals surface area contributed by atoms with E-state index in [9.17, 15) is 23.6 Å². The summed E-state index contributed by atoms with van der Waals surface area (Å²) in [5, 5.41) is 14.5. The minimum absolute atomic E-state index is 0.0203. The Kier molecular flexibility index (Phi) is 9.54. The highest BCUT2D eigenvalue weighted by atomic mass is 32.1. The zero-order valence-electron chi connectivity index (χ0n) is 24.5. The van der Waals surface area contributed by atoms with E-state index >= 15 is 0 Å². The van der Waals surface area contributed by atoms with E-state index in [1.54, 1.807) is 26.3 Å². The van der Waals surface area contributed by atoms with Crippen molar-refractivity contribution in [2.75, 3.05) is 13.2 Å². The van der Waals surface area contributed by atoms with Crippen LogP contribution in [-0.4, -0.2) is 69.6 Å². The van der Waals surface area contributed by atoms with Crippen LogP contribution >= 0.6 is 11.3 Å². The number of rotatable bonds is 12. The number of carbonyl (C=O) groups excluding carboxylic acids is 3. The first-order valence-electron chi connectivity index (χ1n) is 14.3. The summed E-state index contributed by atoms with van der Waals surface area (Å²) < 4.78 is 20.4. The number of ether oxygens (including phenoxy) is 1. The number of benzene rings is 1. The van der Waals surface area contributed by atoms with Crippen LogP contribution in [0.3, 0.4) is 0 Å². The molecule has 2 fully saturated rings. The van der Waals surface area contributed by atoms with Gasteiger partial charge in [0.15, 0.2) is 5.67 Å². The molecule has 1 aromatic carbocycles. The van der Waals surface area contributed by atoms with Crippen LogP contribution < -0.4 is 15.4 Å². The molecule has 1 aliphatic heterocycles. The number of aliphatic carboxylic acids is 1. The van der Waals surface area contributed by atoms with Crippen LogP contribution in [0.2, 0.25) is 0 Å². The molecule has 228 valence electrons. The van der Waals surface area contributed by atoms with Gasteiger partial charge in [-0.2, -0.15) is 0 Å². The van der Waals surface area contributed by atoms with Crippen LogP contribution in [0.1, 0.15) is 70.6 Å². The fourth-order valence-electron chi connectivity index (χ4n) is 4.98. The van der Waals surface area contributed by atoms with Crippen LogP contribution in [0, 0.1) is 12.3 Å². The highest BCUT2D eigenvalue weighted by molar-refractivity contribution is 7.13. The van der Waals surface area contributed by atoms with Crippen molar-refractivity contribution in [1.29, 1.82) is 0 Å². The summed E-state index contributed by atoms with van der Waals surface area (Å²) in [6.07, 6.45) is 1.70. The number of likely N-dealkylation sites (tertiary alicyclic amines) is 1. The summed E-state index contributed by atoms with van der Waals surface area (Å²) in [4.78, 5) is 57.2. The predicted octanol–water partition coefficient (Wildman–Crippen LogP) is 4.00. The van der Waals surface area contributed by atoms with Crippen molar-refractivity contribution >= 4 is 35.0 Å². The summed E-state index contributed by atoms with van der Waals surface area (Å²) in [5.74, 6) is -1.88. The number of hydrogen-bond donors (Lipinski definition) is 3. The fraction of sp³-hybridized carbons (Fsp3) is 0.567. The number of aryl methyl sites for hydroxylation is 1. The molecule has 1 aromatic heterocycles. The average Bonchev–Trinajstić information content (AvgIpc) is 3.30. The molecule has 1 aliphatic carbocycles. The van der Waals surface area contributed by atoms with Crippen LogP contribution in [0.5, 0.6) is 5.75 Å². The molecule has 12 heteroatoms. The summed E-state index contributed by atoms with van der Waals surface area (Å²) in [6.45, 7) is 8.01. The standard InChI is InChI=1S/C30H39FN4O6S/c1-18-24(42-17-33-18)19-9-10-20(22(15-19)41-14-6-8-23(36)37)16-32-26(38)21-7-5-13-35(21)27(39)25(29(2,3)4)34-28(40)30(31)11-12-30/h9-10,15,17,21,25H,5-8,11-14,16H2,1-4H3,(H,32,38)(H,34,40)(H,36,37). The second kappa shape index (κ2) is 12.8. The zero-order valence-corrected chi connectivity index (χ0v) is 25.3. The molecule has 2 atom stereocenters. The largest absolute Gasteiger partial charge is 0.493 e. The van der Waals surface area contributed by atoms with Gasteiger partial charge >= 0.3 is 5.97 Å². The van der Waals surface area contributed by atoms with Gasteiger partial charge in [-0.15, -0.1) is 11.3 Å². The number of nitrogens with zero attached hydrogens (tertiary/aromatic N) is 2. The normalized spacial score (nSPS) is 18.3. The number of halogens is 1. The number of carbonyl (C=O) groups is 4. The molecule has 2 aliphatic rings. The lowest BCUT2D eigenvalue weighted by atomic mass is 9.85. The van der Waals surface area contributed by atoms with Gasteiger partial charge in [0.25, 0.3) is 5.91 Å². The Labute approximate surface area is 249 Å². The zero-order chi connectivity index (χ0) is 30.7. The molecule has 42 heavy (non-hydrogen) atoms. The SMILES string of the molecule is Cc1ncsc1-c1ccc(CNC(=O)C2CCCN2C(=O)C(NC(=O)C2(F)CC2)C(C)(C)C)c(OCCCC(=O)O)c1. The number of alkyl halides is 1. The number of thiazole rings is 1. The first-order valence-corrected chi connectivity index (χ1v) is 15.1. The smallest absolute Gasteiger partial charge is 0.303 e. The molecule has 0 radical (unpaired) electrons. The molecule has 2 unspecified atom stereocenters. The lowest BCUT2D eigenvalue weighted by molar-refractivity contribution is -0.144. The van der Waals surface area contributed by atoms with Crippen molar-refractivity contribution in [2.45, 2.75) is 90.5 Å². The Morgan fingerprint density at radius 1 is 1.26 bits per heavy atom. The van der Waals surface area contributed by atoms with Crippen LogP contribution in [0.25, 0.3) is 10.4 Å². The summed E-state index contributed by atoms with van der Waals surface area (Å²) in [5.41, 5.74) is 1.66. The Hall–Kier alpha value is -3.54. The van der Waals surface area contributed by atoms with E-state index in [-0.39, 0.29) is 38.3 Å². The van der Waals surface area contributed by atoms with E-state index in [1.165, 1.54) is 16.2 Å². The Morgan fingerprint density at radius 3 is 2.62 bits per heavy atom. The molecular weight excluding hydrogens is 563 g/mol. The third-order valence-corrected chi connectivity index (χ3v) is 8.62. The van der Waals surface area contributed by atoms with Crippen LogP contribution in [0.15, 0.2) is 23.7 Å². The van der Waals surface area contributed by atoms with E-state index in [1.807, 2.05) is 25.1 Å². The Morgan fingerprint density at radius 2 is 2.00 bits per heavy atom. The number of nitrogens with one attached hydrogen (secondary N) is 2. The molecule has 2 aromatic rings. The van der Waals surface area contributed by atoms with Gasteiger partial charge in [-0.05, 0) is 56.1 Å². The maximum absolute atomic E-state index is 14.4. The first-order chi connectivity index (χ1) is 19.8. The molecule has 3 N–H and O–H groups in total. The number of carboxylic acids is 1. The molecule has 1 saturated heterocycles. The van der Waals surface area contributed by atoms with Gasteiger partial charge in [0.1, 0.15) is 17.8 Å². The van der Waals surface area contributed by atoms with Gasteiger partial charge in [0.2, 0.25) is 11.8 Å². The van der Waals surface area contributed by atoms with Crippen molar-refractivity contribution < 1.29 is 33.4 Å². The number of amides is 3. The quantitative estimate of drug-likeness (QED) is 0.312. The summed E-state index contributed by atoms with van der Waals surface area (Å²) >= 11 is 1.50. The highest BCUT2D eigenvalue weighted by Crippen LogP contribution is 2.40. The monoisotopic (exact) mass is 602 g/mol. The molecule has 3 amide bonds. The summed E-state index contributed by atoms with van der Waals surface area (Å²) in [7, 11) is 0. The lowest BCUT2D eigenvalue weighted by Gasteiger charge is -2.35. The highest BCUT2D eigenvalue weighted by Gasteiger charge is 2.53. The molecule has 0 spiro atoms. The molecular formula is C30H39FN4O6S. The number of aromatic nitrogens is 1. The third-order valence-electron chi connectivity index (χ3n) is 7.64. The average molecular weight is 603 g/mol. The number of hydrogen-bond acceptors (Lipinski definition) is 7. The minimum atomic E-state index is -1.91. The molecule has 0 bridgehead atoms. The van der Waals surface area contributed by atoms with Gasteiger partial charge in [0.05, 0.1) is 22.7 Å². The van der Waals surface area contributed by atoms with Crippen molar-refractivity contribution in [1.82, 2.24) is 20.5 Å². The van der Waals surface area contributed by atoms with Crippen LogP contribution in [-0.2, 0) is 25.7 Å². The molecule has 4 rings (SSSR count). The van der Waals surface area contributed by atoms with Gasteiger partial charge in [0, 0.05) is 25.1 Å². The first kappa shape index (κ1) is 31.4. The predicted molar refractivity (Wildman–Crippen MR) is 156 cm³/mol. The van der Waals surface area contributed by atoms with E-state index in [4.69, 9.17) is 9.84 Å². The van der Waals surface area contributed by atoms with Gasteiger partial charge in [-0.3, -0.25) is 19.2 Å². The maximum atomic E-state index is 14.4. The molecule has 10 nitrogen and oxygen atoms in total. The van der Waals surface area contributed by atoms with Gasteiger partial charge in [-0.1, -0.05) is 32.9 Å². The minimum Gasteiger partial charge on any atom is -0.493 e. The number of carboxylic acid groups (broad SMARTS) is 1. The van der Waals surface area contributed by atoms with Crippen LogP contribution in [0.4, 0.5) is 4.39 Å². The van der Waals surface area contributed by atoms with Gasteiger partial charge in [-0.25, -0.2) is 9.37 Å². The summed E-state index contributed by atoms with van der Waals surface area (Å²) in [6, 6.07) is 3.95. The van der Waals surface area contributed by atoms with E-state index < -0.39 is 41.0 Å². The van der Waals surface area contributed by atoms with Crippen molar-refractivity contribution in [3.05, 3.63) is 35.0 Å². The second-order valence-electron chi connectivity index (χ2n) is 12.1. The van der Waals surface area contributed by atoms with E-state index in [2.05, 4.69) is 15.6 Å². The van der Waals surface area contributed by atoms with E-state index in [0.29, 0.717) is 37.1 Å². The van der Waals surface area contributed by atoms with Crippen molar-refractivity contribution in [2.24, 2.45) is 5.41 Å².